The Balaban J connectivity index is 2.30. The zero-order chi connectivity index (χ0) is 13.4. The van der Waals surface area contributed by atoms with Crippen LogP contribution < -0.4 is 5.32 Å². The highest BCUT2D eigenvalue weighted by Crippen LogP contribution is 2.17. The van der Waals surface area contributed by atoms with Crippen LogP contribution in [0, 0.1) is 18.3 Å². The number of hydrogen-bond acceptors (Lipinski definition) is 4. The second kappa shape index (κ2) is 8.04. The molecule has 0 spiro atoms. The molecule has 0 saturated heterocycles. The molecule has 4 nitrogen and oxygen atoms in total. The van der Waals surface area contributed by atoms with E-state index in [0.29, 0.717) is 5.56 Å². The molecule has 0 atom stereocenters. The topological polar surface area (TPSA) is 53.6 Å². The molecule has 0 unspecified atom stereocenters. The summed E-state index contributed by atoms with van der Waals surface area (Å²) in [5, 5.41) is 16.6. The van der Waals surface area contributed by atoms with Crippen molar-refractivity contribution in [3.05, 3.63) is 11.3 Å². The van der Waals surface area contributed by atoms with Gasteiger partial charge in [0.1, 0.15) is 17.5 Å². The van der Waals surface area contributed by atoms with Crippen molar-refractivity contribution in [2.45, 2.75) is 32.6 Å². The van der Waals surface area contributed by atoms with E-state index >= 15 is 0 Å². The molecular weight excluding hydrogens is 244 g/mol. The van der Waals surface area contributed by atoms with Crippen LogP contribution in [-0.4, -0.2) is 28.3 Å². The zero-order valence-corrected chi connectivity index (χ0v) is 12.3. The van der Waals surface area contributed by atoms with Crippen molar-refractivity contribution in [2.24, 2.45) is 7.05 Å². The largest absolute Gasteiger partial charge is 0.369 e. The van der Waals surface area contributed by atoms with Gasteiger partial charge in [0.15, 0.2) is 0 Å². The van der Waals surface area contributed by atoms with Crippen molar-refractivity contribution >= 4 is 17.6 Å². The van der Waals surface area contributed by atoms with E-state index in [1.54, 1.807) is 4.68 Å². The van der Waals surface area contributed by atoms with Gasteiger partial charge in [0, 0.05) is 13.6 Å². The fraction of sp³-hybridized carbons (Fsp3) is 0.692. The molecule has 5 heteroatoms. The predicted molar refractivity (Wildman–Crippen MR) is 78.0 cm³/mol. The van der Waals surface area contributed by atoms with Crippen molar-refractivity contribution < 1.29 is 0 Å². The Bertz CT molecular complexity index is 406. The van der Waals surface area contributed by atoms with Gasteiger partial charge in [-0.1, -0.05) is 12.8 Å². The highest BCUT2D eigenvalue weighted by atomic mass is 32.2. The Labute approximate surface area is 114 Å². The Morgan fingerprint density at radius 3 is 2.72 bits per heavy atom. The number of hydrogen-bond donors (Lipinski definition) is 1. The van der Waals surface area contributed by atoms with E-state index in [2.05, 4.69) is 22.7 Å². The van der Waals surface area contributed by atoms with E-state index in [1.807, 2.05) is 25.7 Å². The lowest BCUT2D eigenvalue weighted by Gasteiger charge is -2.06. The number of anilines is 1. The summed E-state index contributed by atoms with van der Waals surface area (Å²) < 4.78 is 1.75. The van der Waals surface area contributed by atoms with E-state index in [9.17, 15) is 0 Å². The summed E-state index contributed by atoms with van der Waals surface area (Å²) in [5.74, 6) is 2.10. The van der Waals surface area contributed by atoms with Crippen LogP contribution in [-0.2, 0) is 7.05 Å². The zero-order valence-electron chi connectivity index (χ0n) is 11.5. The average Bonchev–Trinajstić information content (AvgIpc) is 2.62. The molecule has 1 heterocycles. The molecule has 1 rings (SSSR count). The number of unbranched alkanes of at least 4 members (excludes halogenated alkanes) is 3. The molecular formula is C13H22N4S. The van der Waals surface area contributed by atoms with Gasteiger partial charge < -0.3 is 5.32 Å². The van der Waals surface area contributed by atoms with Gasteiger partial charge >= 0.3 is 0 Å². The summed E-state index contributed by atoms with van der Waals surface area (Å²) in [4.78, 5) is 0. The van der Waals surface area contributed by atoms with Gasteiger partial charge in [-0.2, -0.15) is 22.1 Å². The summed E-state index contributed by atoms with van der Waals surface area (Å²) >= 11 is 1.91. The number of aromatic nitrogens is 2. The first-order valence-electron chi connectivity index (χ1n) is 6.37. The highest BCUT2D eigenvalue weighted by Gasteiger charge is 2.11. The third-order valence-corrected chi connectivity index (χ3v) is 3.60. The van der Waals surface area contributed by atoms with Crippen molar-refractivity contribution in [1.29, 1.82) is 5.26 Å². The number of nitriles is 1. The summed E-state index contributed by atoms with van der Waals surface area (Å²) in [6, 6.07) is 2.20. The molecule has 18 heavy (non-hydrogen) atoms. The molecule has 0 saturated carbocycles. The van der Waals surface area contributed by atoms with Gasteiger partial charge in [-0.25, -0.2) is 0 Å². The van der Waals surface area contributed by atoms with Gasteiger partial charge in [-0.15, -0.1) is 0 Å². The fourth-order valence-corrected chi connectivity index (χ4v) is 2.42. The third-order valence-electron chi connectivity index (χ3n) is 2.90. The number of nitrogens with zero attached hydrogens (tertiary/aromatic N) is 3. The quantitative estimate of drug-likeness (QED) is 0.735. The lowest BCUT2D eigenvalue weighted by Crippen LogP contribution is -2.07. The van der Waals surface area contributed by atoms with Crippen LogP contribution >= 0.6 is 11.8 Å². The predicted octanol–water partition coefficient (Wildman–Crippen LogP) is 2.94. The number of nitrogens with one attached hydrogen (secondary N) is 1. The van der Waals surface area contributed by atoms with E-state index in [4.69, 9.17) is 5.26 Å². The minimum absolute atomic E-state index is 0.667. The van der Waals surface area contributed by atoms with E-state index < -0.39 is 0 Å². The normalized spacial score (nSPS) is 10.3. The lowest BCUT2D eigenvalue weighted by atomic mass is 10.2. The molecule has 0 amide bonds. The van der Waals surface area contributed by atoms with Crippen LogP contribution in [0.25, 0.3) is 0 Å². The fourth-order valence-electron chi connectivity index (χ4n) is 1.93. The average molecular weight is 266 g/mol. The standard InChI is InChI=1S/C13H22N4S/c1-11-12(10-14)13(17(2)16-11)15-8-6-4-5-7-9-18-3/h15H,4-9H2,1-3H3. The van der Waals surface area contributed by atoms with Gasteiger partial charge in [0.05, 0.1) is 5.69 Å². The Morgan fingerprint density at radius 2 is 2.06 bits per heavy atom. The Morgan fingerprint density at radius 1 is 1.33 bits per heavy atom. The molecule has 1 aromatic rings. The maximum Gasteiger partial charge on any atom is 0.142 e. The van der Waals surface area contributed by atoms with Crippen LogP contribution in [0.4, 0.5) is 5.82 Å². The van der Waals surface area contributed by atoms with E-state index in [-0.39, 0.29) is 0 Å². The minimum Gasteiger partial charge on any atom is -0.369 e. The maximum atomic E-state index is 9.07. The second-order valence-electron chi connectivity index (χ2n) is 4.38. The van der Waals surface area contributed by atoms with Crippen molar-refractivity contribution in [2.75, 3.05) is 23.9 Å². The molecule has 0 radical (unpaired) electrons. The Hall–Kier alpha value is -1.15. The molecule has 1 N–H and O–H groups in total. The van der Waals surface area contributed by atoms with Crippen LogP contribution in [0.5, 0.6) is 0 Å². The van der Waals surface area contributed by atoms with Gasteiger partial charge in [-0.3, -0.25) is 4.68 Å². The third kappa shape index (κ3) is 4.26. The molecule has 1 aromatic heterocycles. The summed E-state index contributed by atoms with van der Waals surface area (Å²) in [5.41, 5.74) is 1.46. The first kappa shape index (κ1) is 14.9. The van der Waals surface area contributed by atoms with Crippen molar-refractivity contribution in [3.63, 3.8) is 0 Å². The molecule has 0 aliphatic heterocycles. The highest BCUT2D eigenvalue weighted by molar-refractivity contribution is 7.98. The maximum absolute atomic E-state index is 9.07. The molecule has 0 bridgehead atoms. The van der Waals surface area contributed by atoms with E-state index in [0.717, 1.165) is 24.5 Å². The SMILES string of the molecule is CSCCCCCCNc1c(C#N)c(C)nn1C. The minimum atomic E-state index is 0.667. The van der Waals surface area contributed by atoms with Crippen LogP contribution in [0.15, 0.2) is 0 Å². The summed E-state index contributed by atoms with van der Waals surface area (Å²) in [6.07, 6.45) is 7.12. The number of thioether (sulfide) groups is 1. The molecule has 100 valence electrons. The van der Waals surface area contributed by atoms with E-state index in [1.165, 1.54) is 25.0 Å². The van der Waals surface area contributed by atoms with Crippen LogP contribution in [0.1, 0.15) is 36.9 Å². The monoisotopic (exact) mass is 266 g/mol. The molecule has 0 aromatic carbocycles. The number of aryl methyl sites for hydroxylation is 2. The van der Waals surface area contributed by atoms with Crippen molar-refractivity contribution in [1.82, 2.24) is 9.78 Å². The number of rotatable bonds is 8. The molecule has 0 aliphatic rings. The van der Waals surface area contributed by atoms with Gasteiger partial charge in [-0.05, 0) is 31.8 Å². The van der Waals surface area contributed by atoms with Gasteiger partial charge in [0.2, 0.25) is 0 Å². The smallest absolute Gasteiger partial charge is 0.142 e. The molecule has 0 aliphatic carbocycles. The second-order valence-corrected chi connectivity index (χ2v) is 5.36. The first-order valence-corrected chi connectivity index (χ1v) is 7.76. The lowest BCUT2D eigenvalue weighted by molar-refractivity contribution is 0.682. The summed E-state index contributed by atoms with van der Waals surface area (Å²) in [7, 11) is 1.87. The molecule has 0 fully saturated rings. The first-order chi connectivity index (χ1) is 8.70. The Kier molecular flexibility index (Phi) is 6.66. The van der Waals surface area contributed by atoms with Crippen molar-refractivity contribution in [3.8, 4) is 6.07 Å². The van der Waals surface area contributed by atoms with Crippen LogP contribution in [0.2, 0.25) is 0 Å². The van der Waals surface area contributed by atoms with Crippen LogP contribution in [0.3, 0.4) is 0 Å². The summed E-state index contributed by atoms with van der Waals surface area (Å²) in [6.45, 7) is 2.78. The van der Waals surface area contributed by atoms with Gasteiger partial charge in [0.25, 0.3) is 0 Å².